The fourth-order valence-electron chi connectivity index (χ4n) is 1.85. The molecular formula is C14H22N2O4. The number of hydrogen-bond donors (Lipinski definition) is 3. The Kier molecular flexibility index (Phi) is 6.63. The lowest BCUT2D eigenvalue weighted by Crippen LogP contribution is -2.25. The van der Waals surface area contributed by atoms with Crippen LogP contribution in [-0.4, -0.2) is 21.0 Å². The van der Waals surface area contributed by atoms with E-state index in [9.17, 15) is 14.8 Å². The zero-order chi connectivity index (χ0) is 15.0. The molecule has 1 aromatic rings. The van der Waals surface area contributed by atoms with Crippen molar-refractivity contribution in [1.82, 2.24) is 10.0 Å². The lowest BCUT2D eigenvalue weighted by atomic mass is 10.1. The number of carbonyl (C=O) groups is 1. The van der Waals surface area contributed by atoms with Crippen molar-refractivity contribution in [1.29, 1.82) is 0 Å². The van der Waals surface area contributed by atoms with Crippen LogP contribution in [0.25, 0.3) is 0 Å². The lowest BCUT2D eigenvalue weighted by Gasteiger charge is -2.08. The number of amides is 1. The number of aromatic nitrogens is 1. The van der Waals surface area contributed by atoms with Crippen LogP contribution >= 0.6 is 0 Å². The molecule has 0 spiro atoms. The Morgan fingerprint density at radius 2 is 2.00 bits per heavy atom. The average Bonchev–Trinajstić information content (AvgIpc) is 2.41. The Bertz CT molecular complexity index is 496. The summed E-state index contributed by atoms with van der Waals surface area (Å²) in [4.78, 5) is 22.8. The minimum Gasteiger partial charge on any atom is -0.503 e. The highest BCUT2D eigenvalue weighted by Crippen LogP contribution is 2.05. The number of hydrogen-bond acceptors (Lipinski definition) is 4. The van der Waals surface area contributed by atoms with Crippen molar-refractivity contribution in [2.24, 2.45) is 0 Å². The van der Waals surface area contributed by atoms with E-state index in [2.05, 4.69) is 12.2 Å². The second-order valence-corrected chi connectivity index (χ2v) is 4.80. The maximum absolute atomic E-state index is 11.6. The van der Waals surface area contributed by atoms with E-state index >= 15 is 0 Å². The average molecular weight is 282 g/mol. The van der Waals surface area contributed by atoms with Gasteiger partial charge in [0.15, 0.2) is 5.75 Å². The molecular weight excluding hydrogens is 260 g/mol. The van der Waals surface area contributed by atoms with Crippen molar-refractivity contribution in [3.63, 3.8) is 0 Å². The molecule has 1 rings (SSSR count). The van der Waals surface area contributed by atoms with Crippen LogP contribution in [-0.2, 0) is 11.3 Å². The highest BCUT2D eigenvalue weighted by Gasteiger charge is 2.07. The Morgan fingerprint density at radius 3 is 2.70 bits per heavy atom. The molecule has 1 aromatic heterocycles. The second-order valence-electron chi connectivity index (χ2n) is 4.80. The quantitative estimate of drug-likeness (QED) is 0.500. The third kappa shape index (κ3) is 5.34. The van der Waals surface area contributed by atoms with Crippen molar-refractivity contribution in [2.75, 3.05) is 0 Å². The molecule has 0 aromatic carbocycles. The SMILES string of the molecule is CCCCCCCC(=O)NCc1cc(=O)c(O)cn1O. The van der Waals surface area contributed by atoms with Gasteiger partial charge in [-0.2, -0.15) is 4.73 Å². The van der Waals surface area contributed by atoms with E-state index in [1.807, 2.05) is 0 Å². The van der Waals surface area contributed by atoms with E-state index < -0.39 is 11.2 Å². The molecule has 112 valence electrons. The summed E-state index contributed by atoms with van der Waals surface area (Å²) in [6, 6.07) is 1.09. The van der Waals surface area contributed by atoms with Crippen LogP contribution in [0.1, 0.15) is 51.1 Å². The fraction of sp³-hybridized carbons (Fsp3) is 0.571. The molecule has 0 saturated heterocycles. The summed E-state index contributed by atoms with van der Waals surface area (Å²) in [5.74, 6) is -0.638. The van der Waals surface area contributed by atoms with Gasteiger partial charge in [-0.3, -0.25) is 9.59 Å². The van der Waals surface area contributed by atoms with Crippen molar-refractivity contribution in [3.8, 4) is 5.75 Å². The Balaban J connectivity index is 2.34. The second kappa shape index (κ2) is 8.24. The standard InChI is InChI=1S/C14H22N2O4/c1-2-3-4-5-6-7-14(19)15-9-11-8-12(17)13(18)10-16(11)20/h8,10,18,20H,2-7,9H2,1H3,(H,15,19). The van der Waals surface area contributed by atoms with Crippen LogP contribution in [0, 0.1) is 0 Å². The topological polar surface area (TPSA) is 91.6 Å². The predicted molar refractivity (Wildman–Crippen MR) is 74.8 cm³/mol. The van der Waals surface area contributed by atoms with Crippen molar-refractivity contribution in [2.45, 2.75) is 52.0 Å². The minimum atomic E-state index is -0.584. The van der Waals surface area contributed by atoms with E-state index in [1.54, 1.807) is 0 Å². The van der Waals surface area contributed by atoms with Gasteiger partial charge in [-0.1, -0.05) is 32.6 Å². The largest absolute Gasteiger partial charge is 0.503 e. The van der Waals surface area contributed by atoms with Crippen LogP contribution in [0.3, 0.4) is 0 Å². The molecule has 0 saturated carbocycles. The summed E-state index contributed by atoms with van der Waals surface area (Å²) in [7, 11) is 0. The number of unbranched alkanes of at least 4 members (excludes halogenated alkanes) is 4. The first-order valence-electron chi connectivity index (χ1n) is 6.95. The monoisotopic (exact) mass is 282 g/mol. The highest BCUT2D eigenvalue weighted by atomic mass is 16.5. The third-order valence-electron chi connectivity index (χ3n) is 3.06. The van der Waals surface area contributed by atoms with Gasteiger partial charge in [0.05, 0.1) is 18.4 Å². The zero-order valence-electron chi connectivity index (χ0n) is 11.8. The number of aromatic hydroxyl groups is 1. The van der Waals surface area contributed by atoms with Gasteiger partial charge in [0.25, 0.3) is 0 Å². The summed E-state index contributed by atoms with van der Waals surface area (Å²) in [5, 5.41) is 21.2. The molecule has 0 aliphatic carbocycles. The van der Waals surface area contributed by atoms with Crippen LogP contribution in [0.2, 0.25) is 0 Å². The number of pyridine rings is 1. The fourth-order valence-corrected chi connectivity index (χ4v) is 1.85. The minimum absolute atomic E-state index is 0.0554. The Hall–Kier alpha value is -1.98. The van der Waals surface area contributed by atoms with Gasteiger partial charge < -0.3 is 15.6 Å². The lowest BCUT2D eigenvalue weighted by molar-refractivity contribution is -0.121. The van der Waals surface area contributed by atoms with E-state index in [0.29, 0.717) is 11.2 Å². The summed E-state index contributed by atoms with van der Waals surface area (Å²) < 4.78 is 0.637. The first kappa shape index (κ1) is 16.1. The highest BCUT2D eigenvalue weighted by molar-refractivity contribution is 5.75. The molecule has 0 atom stereocenters. The molecule has 0 radical (unpaired) electrons. The Labute approximate surface area is 118 Å². The van der Waals surface area contributed by atoms with Gasteiger partial charge in [0.1, 0.15) is 0 Å². The maximum atomic E-state index is 11.6. The molecule has 6 heteroatoms. The van der Waals surface area contributed by atoms with Crippen molar-refractivity contribution >= 4 is 5.91 Å². The number of nitrogens with zero attached hydrogens (tertiary/aromatic N) is 1. The third-order valence-corrected chi connectivity index (χ3v) is 3.06. The van der Waals surface area contributed by atoms with Crippen molar-refractivity contribution < 1.29 is 15.1 Å². The van der Waals surface area contributed by atoms with Gasteiger partial charge >= 0.3 is 0 Å². The molecule has 1 heterocycles. The first-order chi connectivity index (χ1) is 9.54. The van der Waals surface area contributed by atoms with E-state index in [0.717, 1.165) is 31.5 Å². The first-order valence-corrected chi connectivity index (χ1v) is 6.95. The molecule has 0 fully saturated rings. The molecule has 0 bridgehead atoms. The van der Waals surface area contributed by atoms with Gasteiger partial charge in [-0.15, -0.1) is 0 Å². The van der Waals surface area contributed by atoms with Crippen LogP contribution < -0.4 is 10.7 Å². The molecule has 6 nitrogen and oxygen atoms in total. The van der Waals surface area contributed by atoms with E-state index in [4.69, 9.17) is 5.11 Å². The molecule has 1 amide bonds. The van der Waals surface area contributed by atoms with Crippen molar-refractivity contribution in [3.05, 3.63) is 28.2 Å². The molecule has 0 aliphatic heterocycles. The molecule has 3 N–H and O–H groups in total. The summed E-state index contributed by atoms with van der Waals surface area (Å²) in [6.45, 7) is 2.19. The molecule has 0 unspecified atom stereocenters. The number of rotatable bonds is 8. The van der Waals surface area contributed by atoms with Crippen LogP contribution in [0.4, 0.5) is 0 Å². The summed E-state index contributed by atoms with van der Waals surface area (Å²) in [5.41, 5.74) is -0.355. The number of carbonyl (C=O) groups excluding carboxylic acids is 1. The van der Waals surface area contributed by atoms with Crippen LogP contribution in [0.5, 0.6) is 5.75 Å². The van der Waals surface area contributed by atoms with E-state index in [1.165, 1.54) is 12.8 Å². The van der Waals surface area contributed by atoms with E-state index in [-0.39, 0.29) is 18.1 Å². The van der Waals surface area contributed by atoms with Gasteiger partial charge in [-0.05, 0) is 6.42 Å². The zero-order valence-corrected chi connectivity index (χ0v) is 11.8. The van der Waals surface area contributed by atoms with Crippen LogP contribution in [0.15, 0.2) is 17.1 Å². The van der Waals surface area contributed by atoms with Gasteiger partial charge in [0.2, 0.25) is 11.3 Å². The smallest absolute Gasteiger partial charge is 0.223 e. The molecule has 0 aliphatic rings. The summed E-state index contributed by atoms with van der Waals surface area (Å²) in [6.07, 6.45) is 6.72. The predicted octanol–water partition coefficient (Wildman–Crippen LogP) is 1.77. The molecule has 20 heavy (non-hydrogen) atoms. The number of nitrogens with one attached hydrogen (secondary N) is 1. The summed E-state index contributed by atoms with van der Waals surface area (Å²) >= 11 is 0. The van der Waals surface area contributed by atoms with Gasteiger partial charge in [-0.25, -0.2) is 0 Å². The maximum Gasteiger partial charge on any atom is 0.223 e. The Morgan fingerprint density at radius 1 is 1.30 bits per heavy atom. The van der Waals surface area contributed by atoms with Gasteiger partial charge in [0, 0.05) is 12.5 Å². The normalized spacial score (nSPS) is 10.4.